The second-order valence-electron chi connectivity index (χ2n) is 8.03. The quantitative estimate of drug-likeness (QED) is 0.208. The van der Waals surface area contributed by atoms with Gasteiger partial charge in [0.05, 0.1) is 29.7 Å². The van der Waals surface area contributed by atoms with E-state index in [4.69, 9.17) is 27.9 Å². The van der Waals surface area contributed by atoms with Crippen molar-refractivity contribution in [3.8, 4) is 5.75 Å². The standard InChI is InChI=1S/C24H42Cl2NO.BrH/c1-4-7-8-9-10-11-12-13-14-15-18-27(5-2,6-3)19-20-28-22-16-17-23(25)24(26)21-22;/h16-17,21H,4-15,18-20H2,1-3H3;1H/q+1;/p-1. The highest BCUT2D eigenvalue weighted by Crippen LogP contribution is 2.26. The molecule has 1 rings (SSSR count). The number of hydrogen-bond acceptors (Lipinski definition) is 1. The van der Waals surface area contributed by atoms with Gasteiger partial charge in [0.25, 0.3) is 0 Å². The maximum atomic E-state index is 6.07. The Bertz CT molecular complexity index is 524. The molecule has 0 saturated heterocycles. The van der Waals surface area contributed by atoms with Crippen molar-refractivity contribution in [1.82, 2.24) is 0 Å². The monoisotopic (exact) mass is 509 g/mol. The zero-order valence-electron chi connectivity index (χ0n) is 18.8. The molecule has 0 atom stereocenters. The Hall–Kier alpha value is 0.0400. The summed E-state index contributed by atoms with van der Waals surface area (Å²) in [6, 6.07) is 5.49. The van der Waals surface area contributed by atoms with E-state index in [1.807, 2.05) is 6.07 Å². The first-order valence-electron chi connectivity index (χ1n) is 11.5. The zero-order valence-corrected chi connectivity index (χ0v) is 21.9. The van der Waals surface area contributed by atoms with E-state index in [9.17, 15) is 0 Å². The molecule has 0 aliphatic carbocycles. The van der Waals surface area contributed by atoms with E-state index >= 15 is 0 Å². The zero-order chi connectivity index (χ0) is 20.7. The average molecular weight is 511 g/mol. The molecule has 0 heterocycles. The number of benzene rings is 1. The van der Waals surface area contributed by atoms with Gasteiger partial charge in [-0.05, 0) is 38.8 Å². The Morgan fingerprint density at radius 2 is 1.28 bits per heavy atom. The van der Waals surface area contributed by atoms with Gasteiger partial charge in [0, 0.05) is 6.07 Å². The maximum absolute atomic E-state index is 6.07. The third kappa shape index (κ3) is 12.5. The Morgan fingerprint density at radius 3 is 1.79 bits per heavy atom. The van der Waals surface area contributed by atoms with Crippen LogP contribution < -0.4 is 21.7 Å². The van der Waals surface area contributed by atoms with E-state index in [-0.39, 0.29) is 17.0 Å². The molecule has 0 spiro atoms. The Balaban J connectivity index is 0.00000784. The first-order valence-corrected chi connectivity index (χ1v) is 12.3. The third-order valence-corrected chi connectivity index (χ3v) is 6.79. The SMILES string of the molecule is CCCCCCCCCCCC[N+](CC)(CC)CCOc1ccc(Cl)c(Cl)c1.[Br-]. The summed E-state index contributed by atoms with van der Waals surface area (Å²) in [4.78, 5) is 0. The molecule has 0 radical (unpaired) electrons. The summed E-state index contributed by atoms with van der Waals surface area (Å²) in [7, 11) is 0. The van der Waals surface area contributed by atoms with Crippen LogP contribution >= 0.6 is 23.2 Å². The summed E-state index contributed by atoms with van der Waals surface area (Å²) in [6.07, 6.45) is 13.9. The van der Waals surface area contributed by atoms with E-state index < -0.39 is 0 Å². The molecule has 1 aromatic rings. The van der Waals surface area contributed by atoms with Gasteiger partial charge in [-0.3, -0.25) is 0 Å². The van der Waals surface area contributed by atoms with Crippen molar-refractivity contribution < 1.29 is 26.2 Å². The van der Waals surface area contributed by atoms with Crippen LogP contribution in [0.3, 0.4) is 0 Å². The number of hydrogen-bond donors (Lipinski definition) is 0. The van der Waals surface area contributed by atoms with Gasteiger partial charge in [-0.25, -0.2) is 0 Å². The second-order valence-corrected chi connectivity index (χ2v) is 8.84. The van der Waals surface area contributed by atoms with E-state index in [2.05, 4.69) is 20.8 Å². The van der Waals surface area contributed by atoms with Crippen LogP contribution in [-0.2, 0) is 0 Å². The first-order chi connectivity index (χ1) is 13.6. The van der Waals surface area contributed by atoms with Gasteiger partial charge in [-0.15, -0.1) is 0 Å². The highest BCUT2D eigenvalue weighted by Gasteiger charge is 2.22. The van der Waals surface area contributed by atoms with Gasteiger partial charge in [0.2, 0.25) is 0 Å². The average Bonchev–Trinajstić information content (AvgIpc) is 2.71. The fourth-order valence-electron chi connectivity index (χ4n) is 3.83. The lowest BCUT2D eigenvalue weighted by Crippen LogP contribution is -3.00. The summed E-state index contributed by atoms with van der Waals surface area (Å²) >= 11 is 12.0. The smallest absolute Gasteiger partial charge is 0.137 e. The van der Waals surface area contributed by atoms with Crippen LogP contribution in [0.4, 0.5) is 0 Å². The van der Waals surface area contributed by atoms with E-state index in [0.29, 0.717) is 10.0 Å². The molecule has 0 aromatic heterocycles. The lowest BCUT2D eigenvalue weighted by Gasteiger charge is -2.37. The summed E-state index contributed by atoms with van der Waals surface area (Å²) in [6.45, 7) is 12.2. The third-order valence-electron chi connectivity index (χ3n) is 6.05. The predicted molar refractivity (Wildman–Crippen MR) is 125 cm³/mol. The summed E-state index contributed by atoms with van der Waals surface area (Å²) < 4.78 is 7.08. The molecule has 0 saturated carbocycles. The number of quaternary nitrogens is 1. The van der Waals surface area contributed by atoms with Crippen molar-refractivity contribution in [2.75, 3.05) is 32.8 Å². The van der Waals surface area contributed by atoms with Crippen LogP contribution in [0.5, 0.6) is 5.75 Å². The lowest BCUT2D eigenvalue weighted by molar-refractivity contribution is -0.925. The molecular formula is C24H42BrCl2NO. The van der Waals surface area contributed by atoms with Crippen LogP contribution in [-0.4, -0.2) is 37.3 Å². The van der Waals surface area contributed by atoms with Gasteiger partial charge in [0.15, 0.2) is 0 Å². The minimum Gasteiger partial charge on any atom is -1.00 e. The number of rotatable bonds is 17. The largest absolute Gasteiger partial charge is 1.00 e. The number of likely N-dealkylation sites (N-methyl/N-ethyl adjacent to an activating group) is 1. The molecule has 0 aliphatic heterocycles. The van der Waals surface area contributed by atoms with Crippen LogP contribution in [0.2, 0.25) is 10.0 Å². The van der Waals surface area contributed by atoms with Gasteiger partial charge in [-0.1, -0.05) is 81.5 Å². The Labute approximate surface area is 200 Å². The van der Waals surface area contributed by atoms with Crippen molar-refractivity contribution in [3.63, 3.8) is 0 Å². The fraction of sp³-hybridized carbons (Fsp3) is 0.750. The minimum absolute atomic E-state index is 0. The maximum Gasteiger partial charge on any atom is 0.137 e. The number of nitrogens with zero attached hydrogens (tertiary/aromatic N) is 1. The molecule has 170 valence electrons. The van der Waals surface area contributed by atoms with Crippen LogP contribution in [0, 0.1) is 0 Å². The van der Waals surface area contributed by atoms with Crippen molar-refractivity contribution in [1.29, 1.82) is 0 Å². The molecule has 0 amide bonds. The topological polar surface area (TPSA) is 9.23 Å². The normalized spacial score (nSPS) is 11.3. The van der Waals surface area contributed by atoms with E-state index in [0.717, 1.165) is 23.4 Å². The molecule has 0 fully saturated rings. The molecule has 0 N–H and O–H groups in total. The second kappa shape index (κ2) is 17.7. The Kier molecular flexibility index (Phi) is 17.7. The summed E-state index contributed by atoms with van der Waals surface area (Å²) in [5.41, 5.74) is 0. The van der Waals surface area contributed by atoms with E-state index in [1.54, 1.807) is 12.1 Å². The number of unbranched alkanes of at least 4 members (excludes halogenated alkanes) is 9. The van der Waals surface area contributed by atoms with Crippen LogP contribution in [0.1, 0.15) is 85.0 Å². The van der Waals surface area contributed by atoms with Crippen molar-refractivity contribution in [2.45, 2.75) is 85.0 Å². The van der Waals surface area contributed by atoms with E-state index in [1.165, 1.54) is 83.8 Å². The first kappa shape index (κ1) is 29.0. The van der Waals surface area contributed by atoms with Gasteiger partial charge >= 0.3 is 0 Å². The molecule has 0 aliphatic rings. The predicted octanol–water partition coefficient (Wildman–Crippen LogP) is 5.15. The molecule has 0 bridgehead atoms. The van der Waals surface area contributed by atoms with Crippen LogP contribution in [0.15, 0.2) is 18.2 Å². The Morgan fingerprint density at radius 1 is 0.724 bits per heavy atom. The minimum atomic E-state index is 0. The number of ether oxygens (including phenoxy) is 1. The molecule has 5 heteroatoms. The summed E-state index contributed by atoms with van der Waals surface area (Å²) in [5.74, 6) is 0.804. The molecule has 2 nitrogen and oxygen atoms in total. The van der Waals surface area contributed by atoms with Gasteiger partial charge < -0.3 is 26.2 Å². The van der Waals surface area contributed by atoms with Gasteiger partial charge in [-0.2, -0.15) is 0 Å². The highest BCUT2D eigenvalue weighted by atomic mass is 79.9. The number of halogens is 3. The molecule has 29 heavy (non-hydrogen) atoms. The lowest BCUT2D eigenvalue weighted by atomic mass is 10.1. The van der Waals surface area contributed by atoms with Crippen molar-refractivity contribution in [3.05, 3.63) is 28.2 Å². The van der Waals surface area contributed by atoms with Gasteiger partial charge in [0.1, 0.15) is 18.9 Å². The molecule has 1 aromatic carbocycles. The molecule has 0 unspecified atom stereocenters. The summed E-state index contributed by atoms with van der Waals surface area (Å²) in [5, 5.41) is 1.12. The van der Waals surface area contributed by atoms with Crippen molar-refractivity contribution in [2.24, 2.45) is 0 Å². The van der Waals surface area contributed by atoms with Crippen molar-refractivity contribution >= 4 is 23.2 Å². The molecular weight excluding hydrogens is 469 g/mol. The highest BCUT2D eigenvalue weighted by molar-refractivity contribution is 6.42. The van der Waals surface area contributed by atoms with Crippen LogP contribution in [0.25, 0.3) is 0 Å². The fourth-order valence-corrected chi connectivity index (χ4v) is 4.11.